The monoisotopic (exact) mass is 289 g/mol. The molecule has 0 amide bonds. The van der Waals surface area contributed by atoms with Crippen LogP contribution >= 0.6 is 11.8 Å². The van der Waals surface area contributed by atoms with Gasteiger partial charge in [-0.3, -0.25) is 0 Å². The van der Waals surface area contributed by atoms with Crippen molar-refractivity contribution in [3.63, 3.8) is 0 Å². The van der Waals surface area contributed by atoms with Gasteiger partial charge in [-0.25, -0.2) is 0 Å². The van der Waals surface area contributed by atoms with Crippen LogP contribution < -0.4 is 5.32 Å². The minimum atomic E-state index is -0.317. The molecular weight excluding hydrogens is 262 g/mol. The molecule has 3 atom stereocenters. The Labute approximate surface area is 120 Å². The zero-order valence-electron chi connectivity index (χ0n) is 12.1. The van der Waals surface area contributed by atoms with Gasteiger partial charge >= 0.3 is 0 Å². The van der Waals surface area contributed by atoms with Crippen LogP contribution in [0.1, 0.15) is 39.5 Å². The quantitative estimate of drug-likeness (QED) is 0.780. The Morgan fingerprint density at radius 2 is 2.16 bits per heavy atom. The lowest BCUT2D eigenvalue weighted by Crippen LogP contribution is -2.50. The Morgan fingerprint density at radius 3 is 2.79 bits per heavy atom. The third kappa shape index (κ3) is 4.08. The number of rotatable bonds is 6. The van der Waals surface area contributed by atoms with Crippen LogP contribution in [-0.4, -0.2) is 53.8 Å². The number of nitrogens with one attached hydrogen (secondary N) is 1. The van der Waals surface area contributed by atoms with Crippen LogP contribution in [0.4, 0.5) is 0 Å². The number of ether oxygens (including phenoxy) is 2. The molecule has 0 aromatic rings. The Hall–Kier alpha value is 0.190. The van der Waals surface area contributed by atoms with E-state index in [1.807, 2.05) is 11.8 Å². The first kappa shape index (κ1) is 15.6. The van der Waals surface area contributed by atoms with Gasteiger partial charge in [-0.05, 0) is 19.4 Å². The first-order chi connectivity index (χ1) is 9.19. The van der Waals surface area contributed by atoms with E-state index in [9.17, 15) is 0 Å². The minimum Gasteiger partial charge on any atom is -0.396 e. The summed E-state index contributed by atoms with van der Waals surface area (Å²) in [7, 11) is 0. The fourth-order valence-electron chi connectivity index (χ4n) is 3.06. The summed E-state index contributed by atoms with van der Waals surface area (Å²) < 4.78 is 11.7. The molecule has 2 N–H and O–H groups in total. The van der Waals surface area contributed by atoms with Crippen LogP contribution in [-0.2, 0) is 9.47 Å². The fourth-order valence-corrected chi connectivity index (χ4v) is 4.67. The van der Waals surface area contributed by atoms with Gasteiger partial charge in [-0.15, -0.1) is 0 Å². The van der Waals surface area contributed by atoms with E-state index in [4.69, 9.17) is 14.6 Å². The lowest BCUT2D eigenvalue weighted by atomic mass is 9.89. The van der Waals surface area contributed by atoms with Crippen molar-refractivity contribution in [2.24, 2.45) is 0 Å². The van der Waals surface area contributed by atoms with Crippen LogP contribution in [0.15, 0.2) is 0 Å². The predicted octanol–water partition coefficient (Wildman–Crippen LogP) is 1.76. The number of aliphatic hydroxyl groups is 1. The maximum Gasteiger partial charge on any atom is 0.169 e. The van der Waals surface area contributed by atoms with Gasteiger partial charge in [-0.2, -0.15) is 11.8 Å². The van der Waals surface area contributed by atoms with Crippen LogP contribution in [0.2, 0.25) is 0 Å². The summed E-state index contributed by atoms with van der Waals surface area (Å²) in [5.74, 6) is -0.317. The summed E-state index contributed by atoms with van der Waals surface area (Å²) in [6, 6.07) is 0.537. The third-order valence-corrected chi connectivity index (χ3v) is 5.56. The Kier molecular flexibility index (Phi) is 5.96. The molecule has 1 saturated carbocycles. The molecule has 0 bridgehead atoms. The normalized spacial score (nSPS) is 31.7. The molecule has 4 nitrogen and oxygen atoms in total. The van der Waals surface area contributed by atoms with Gasteiger partial charge in [-0.1, -0.05) is 13.8 Å². The second-order valence-corrected chi connectivity index (χ2v) is 7.19. The Morgan fingerprint density at radius 1 is 1.42 bits per heavy atom. The fraction of sp³-hybridized carbons (Fsp3) is 1.00. The van der Waals surface area contributed by atoms with Crippen LogP contribution in [0, 0.1) is 0 Å². The van der Waals surface area contributed by atoms with Crippen molar-refractivity contribution in [3.05, 3.63) is 0 Å². The molecule has 1 aliphatic carbocycles. The van der Waals surface area contributed by atoms with Crippen LogP contribution in [0.3, 0.4) is 0 Å². The molecule has 1 heterocycles. The van der Waals surface area contributed by atoms with Crippen molar-refractivity contribution in [1.29, 1.82) is 0 Å². The van der Waals surface area contributed by atoms with Crippen molar-refractivity contribution >= 4 is 11.8 Å². The lowest BCUT2D eigenvalue weighted by Gasteiger charge is -2.42. The van der Waals surface area contributed by atoms with Gasteiger partial charge in [0.25, 0.3) is 0 Å². The summed E-state index contributed by atoms with van der Waals surface area (Å²) in [6.07, 6.45) is 3.92. The maximum absolute atomic E-state index is 9.06. The van der Waals surface area contributed by atoms with Gasteiger partial charge < -0.3 is 19.9 Å². The van der Waals surface area contributed by atoms with E-state index in [0.29, 0.717) is 16.5 Å². The van der Waals surface area contributed by atoms with Gasteiger partial charge in [0.15, 0.2) is 5.79 Å². The summed E-state index contributed by atoms with van der Waals surface area (Å²) in [5.41, 5.74) is 0. The average Bonchev–Trinajstić information content (AvgIpc) is 2.82. The van der Waals surface area contributed by atoms with Crippen molar-refractivity contribution in [3.8, 4) is 0 Å². The molecular formula is C14H27NO3S. The van der Waals surface area contributed by atoms with Crippen molar-refractivity contribution in [1.82, 2.24) is 5.32 Å². The highest BCUT2D eigenvalue weighted by Crippen LogP contribution is 2.41. The molecule has 19 heavy (non-hydrogen) atoms. The topological polar surface area (TPSA) is 50.7 Å². The van der Waals surface area contributed by atoms with E-state index < -0.39 is 0 Å². The highest BCUT2D eigenvalue weighted by Gasteiger charge is 2.45. The molecule has 1 saturated heterocycles. The lowest BCUT2D eigenvalue weighted by molar-refractivity contribution is -0.178. The van der Waals surface area contributed by atoms with Gasteiger partial charge in [0, 0.05) is 36.0 Å². The molecule has 1 spiro atoms. The molecule has 0 aromatic heterocycles. The number of hydrogen-bond donors (Lipinski definition) is 2. The first-order valence-corrected chi connectivity index (χ1v) is 8.41. The SMILES string of the molecule is CCNC1CCC2(CC1SC(C)CCO)OCCO2. The number of thioether (sulfide) groups is 1. The Bertz CT molecular complexity index is 271. The van der Waals surface area contributed by atoms with Gasteiger partial charge in [0.2, 0.25) is 0 Å². The average molecular weight is 289 g/mol. The Balaban J connectivity index is 1.95. The largest absolute Gasteiger partial charge is 0.396 e. The molecule has 1 aliphatic heterocycles. The number of hydrogen-bond acceptors (Lipinski definition) is 5. The van der Waals surface area contributed by atoms with Crippen LogP contribution in [0.5, 0.6) is 0 Å². The van der Waals surface area contributed by atoms with Crippen LogP contribution in [0.25, 0.3) is 0 Å². The zero-order chi connectivity index (χ0) is 13.7. The van der Waals surface area contributed by atoms with E-state index in [-0.39, 0.29) is 12.4 Å². The van der Waals surface area contributed by atoms with Gasteiger partial charge in [0.1, 0.15) is 0 Å². The molecule has 0 aromatic carbocycles. The highest BCUT2D eigenvalue weighted by atomic mass is 32.2. The summed E-state index contributed by atoms with van der Waals surface area (Å²) in [6.45, 7) is 7.09. The molecule has 3 unspecified atom stereocenters. The molecule has 2 fully saturated rings. The van der Waals surface area contributed by atoms with Crippen molar-refractivity contribution in [2.45, 2.75) is 61.9 Å². The first-order valence-electron chi connectivity index (χ1n) is 7.47. The zero-order valence-corrected chi connectivity index (χ0v) is 12.9. The minimum absolute atomic E-state index is 0.269. The standard InChI is InChI=1S/C14H27NO3S/c1-3-15-12-4-6-14(17-8-9-18-14)10-13(12)19-11(2)5-7-16/h11-13,15-16H,3-10H2,1-2H3. The summed E-state index contributed by atoms with van der Waals surface area (Å²) >= 11 is 1.97. The van der Waals surface area contributed by atoms with E-state index >= 15 is 0 Å². The van der Waals surface area contributed by atoms with E-state index in [2.05, 4.69) is 19.2 Å². The molecule has 112 valence electrons. The van der Waals surface area contributed by atoms with Crippen molar-refractivity contribution in [2.75, 3.05) is 26.4 Å². The molecule has 2 aliphatic rings. The second-order valence-electron chi connectivity index (χ2n) is 5.51. The number of aliphatic hydroxyl groups excluding tert-OH is 1. The van der Waals surface area contributed by atoms with Crippen molar-refractivity contribution < 1.29 is 14.6 Å². The highest BCUT2D eigenvalue weighted by molar-refractivity contribution is 8.00. The van der Waals surface area contributed by atoms with Gasteiger partial charge in [0.05, 0.1) is 13.2 Å². The third-order valence-electron chi connectivity index (χ3n) is 4.02. The summed E-state index contributed by atoms with van der Waals surface area (Å²) in [4.78, 5) is 0. The van der Waals surface area contributed by atoms with E-state index in [1.165, 1.54) is 0 Å². The molecule has 0 radical (unpaired) electrons. The second kappa shape index (κ2) is 7.27. The maximum atomic E-state index is 9.06. The summed E-state index contributed by atoms with van der Waals surface area (Å²) in [5, 5.41) is 13.6. The van der Waals surface area contributed by atoms with E-state index in [1.54, 1.807) is 0 Å². The molecule has 2 rings (SSSR count). The predicted molar refractivity (Wildman–Crippen MR) is 78.5 cm³/mol. The molecule has 5 heteroatoms. The smallest absolute Gasteiger partial charge is 0.169 e. The van der Waals surface area contributed by atoms with E-state index in [0.717, 1.165) is 45.4 Å².